The summed E-state index contributed by atoms with van der Waals surface area (Å²) < 4.78 is 5.41. The Morgan fingerprint density at radius 2 is 2.00 bits per heavy atom. The number of benzene rings is 1. The van der Waals surface area contributed by atoms with Gasteiger partial charge in [-0.1, -0.05) is 17.7 Å². The molecular weight excluding hydrogens is 278 g/mol. The number of rotatable bonds is 4. The minimum absolute atomic E-state index is 0.0485. The molecule has 1 heterocycles. The quantitative estimate of drug-likeness (QED) is 0.901. The SMILES string of the molecule is Cc1ccc(Nc2nc(N)nc(OC(C)C)n2)c(Cl)c1. The third-order valence-electron chi connectivity index (χ3n) is 2.34. The molecule has 106 valence electrons. The Kier molecular flexibility index (Phi) is 4.24. The van der Waals surface area contributed by atoms with Crippen molar-refractivity contribution in [3.63, 3.8) is 0 Å². The highest BCUT2D eigenvalue weighted by atomic mass is 35.5. The Morgan fingerprint density at radius 1 is 1.25 bits per heavy atom. The van der Waals surface area contributed by atoms with Crippen LogP contribution in [0.3, 0.4) is 0 Å². The number of nitrogens with zero attached hydrogens (tertiary/aromatic N) is 3. The smallest absolute Gasteiger partial charge is 0.323 e. The van der Waals surface area contributed by atoms with E-state index in [-0.39, 0.29) is 18.1 Å². The number of nitrogens with one attached hydrogen (secondary N) is 1. The topological polar surface area (TPSA) is 86.0 Å². The largest absolute Gasteiger partial charge is 0.461 e. The van der Waals surface area contributed by atoms with E-state index < -0.39 is 0 Å². The fraction of sp³-hybridized carbons (Fsp3) is 0.308. The molecule has 0 bridgehead atoms. The molecule has 0 aliphatic carbocycles. The first-order valence-corrected chi connectivity index (χ1v) is 6.53. The van der Waals surface area contributed by atoms with E-state index in [4.69, 9.17) is 22.1 Å². The second-order valence-electron chi connectivity index (χ2n) is 4.57. The molecule has 0 radical (unpaired) electrons. The molecule has 0 aliphatic rings. The lowest BCUT2D eigenvalue weighted by molar-refractivity contribution is 0.222. The Morgan fingerprint density at radius 3 is 2.65 bits per heavy atom. The van der Waals surface area contributed by atoms with Gasteiger partial charge in [-0.05, 0) is 38.5 Å². The molecule has 1 aromatic heterocycles. The molecule has 0 unspecified atom stereocenters. The number of halogens is 1. The van der Waals surface area contributed by atoms with Crippen molar-refractivity contribution >= 4 is 29.2 Å². The molecule has 1 aromatic carbocycles. The average molecular weight is 294 g/mol. The Balaban J connectivity index is 2.26. The van der Waals surface area contributed by atoms with E-state index in [9.17, 15) is 0 Å². The van der Waals surface area contributed by atoms with Crippen molar-refractivity contribution in [1.29, 1.82) is 0 Å². The normalized spacial score (nSPS) is 10.7. The number of nitrogens with two attached hydrogens (primary N) is 1. The monoisotopic (exact) mass is 293 g/mol. The lowest BCUT2D eigenvalue weighted by atomic mass is 10.2. The van der Waals surface area contributed by atoms with Gasteiger partial charge in [-0.2, -0.15) is 15.0 Å². The highest BCUT2D eigenvalue weighted by Gasteiger charge is 2.09. The summed E-state index contributed by atoms with van der Waals surface area (Å²) >= 11 is 6.15. The van der Waals surface area contributed by atoms with Gasteiger partial charge in [-0.15, -0.1) is 0 Å². The molecule has 0 saturated heterocycles. The lowest BCUT2D eigenvalue weighted by Crippen LogP contribution is -2.11. The molecular formula is C13H16ClN5O. The number of anilines is 3. The first-order valence-electron chi connectivity index (χ1n) is 6.15. The summed E-state index contributed by atoms with van der Waals surface area (Å²) in [5, 5.41) is 3.58. The van der Waals surface area contributed by atoms with Gasteiger partial charge in [-0.25, -0.2) is 0 Å². The van der Waals surface area contributed by atoms with Crippen LogP contribution in [0.4, 0.5) is 17.6 Å². The van der Waals surface area contributed by atoms with Gasteiger partial charge in [0, 0.05) is 0 Å². The summed E-state index contributed by atoms with van der Waals surface area (Å²) in [6.45, 7) is 5.72. The molecule has 0 fully saturated rings. The van der Waals surface area contributed by atoms with Crippen molar-refractivity contribution in [2.24, 2.45) is 0 Å². The fourth-order valence-corrected chi connectivity index (χ4v) is 1.82. The van der Waals surface area contributed by atoms with Crippen LogP contribution in [-0.2, 0) is 0 Å². The second kappa shape index (κ2) is 5.92. The number of hydrogen-bond donors (Lipinski definition) is 2. The molecule has 0 saturated carbocycles. The van der Waals surface area contributed by atoms with Crippen LogP contribution in [-0.4, -0.2) is 21.1 Å². The third kappa shape index (κ3) is 3.71. The van der Waals surface area contributed by atoms with Gasteiger partial charge in [0.05, 0.1) is 16.8 Å². The standard InChI is InChI=1S/C13H16ClN5O/c1-7(2)20-13-18-11(15)17-12(19-13)16-10-5-4-8(3)6-9(10)14/h4-7H,1-3H3,(H3,15,16,17,18,19). The van der Waals surface area contributed by atoms with E-state index >= 15 is 0 Å². The van der Waals surface area contributed by atoms with Gasteiger partial charge in [-0.3, -0.25) is 0 Å². The molecule has 7 heteroatoms. The van der Waals surface area contributed by atoms with Crippen molar-refractivity contribution in [3.05, 3.63) is 28.8 Å². The molecule has 0 atom stereocenters. The van der Waals surface area contributed by atoms with Crippen LogP contribution in [0.15, 0.2) is 18.2 Å². The van der Waals surface area contributed by atoms with Gasteiger partial charge < -0.3 is 15.8 Å². The predicted molar refractivity (Wildman–Crippen MR) is 79.5 cm³/mol. The number of nitrogen functional groups attached to an aromatic ring is 1. The Hall–Kier alpha value is -2.08. The zero-order valence-electron chi connectivity index (χ0n) is 11.5. The predicted octanol–water partition coefficient (Wildman–Crippen LogP) is 2.95. The number of hydrogen-bond acceptors (Lipinski definition) is 6. The maximum absolute atomic E-state index is 6.15. The fourth-order valence-electron chi connectivity index (χ4n) is 1.53. The van der Waals surface area contributed by atoms with Crippen molar-refractivity contribution in [3.8, 4) is 6.01 Å². The van der Waals surface area contributed by atoms with E-state index in [1.165, 1.54) is 0 Å². The van der Waals surface area contributed by atoms with Crippen LogP contribution >= 0.6 is 11.6 Å². The summed E-state index contributed by atoms with van der Waals surface area (Å²) in [4.78, 5) is 12.1. The van der Waals surface area contributed by atoms with Crippen LogP contribution in [0, 0.1) is 6.92 Å². The first kappa shape index (κ1) is 14.3. The highest BCUT2D eigenvalue weighted by Crippen LogP contribution is 2.25. The first-order chi connectivity index (χ1) is 9.44. The molecule has 20 heavy (non-hydrogen) atoms. The second-order valence-corrected chi connectivity index (χ2v) is 4.98. The molecule has 0 aliphatic heterocycles. The maximum Gasteiger partial charge on any atom is 0.323 e. The van der Waals surface area contributed by atoms with Crippen LogP contribution < -0.4 is 15.8 Å². The number of aryl methyl sites for hydroxylation is 1. The van der Waals surface area contributed by atoms with Gasteiger partial charge in [0.15, 0.2) is 0 Å². The molecule has 6 nitrogen and oxygen atoms in total. The maximum atomic E-state index is 6.15. The zero-order valence-corrected chi connectivity index (χ0v) is 12.3. The summed E-state index contributed by atoms with van der Waals surface area (Å²) in [5.74, 6) is 0.375. The molecule has 0 spiro atoms. The molecule has 0 amide bonds. The van der Waals surface area contributed by atoms with Crippen molar-refractivity contribution in [2.45, 2.75) is 26.9 Å². The summed E-state index contributed by atoms with van der Waals surface area (Å²) in [6, 6.07) is 5.81. The third-order valence-corrected chi connectivity index (χ3v) is 2.66. The van der Waals surface area contributed by atoms with Gasteiger partial charge in [0.1, 0.15) is 0 Å². The van der Waals surface area contributed by atoms with Crippen molar-refractivity contribution < 1.29 is 4.74 Å². The lowest BCUT2D eigenvalue weighted by Gasteiger charge is -2.11. The minimum Gasteiger partial charge on any atom is -0.461 e. The minimum atomic E-state index is -0.0485. The van der Waals surface area contributed by atoms with Crippen LogP contribution in [0.1, 0.15) is 19.4 Å². The Bertz CT molecular complexity index is 618. The van der Waals surface area contributed by atoms with E-state index in [0.717, 1.165) is 5.56 Å². The van der Waals surface area contributed by atoms with Crippen molar-refractivity contribution in [2.75, 3.05) is 11.1 Å². The van der Waals surface area contributed by atoms with Gasteiger partial charge in [0.2, 0.25) is 11.9 Å². The van der Waals surface area contributed by atoms with Gasteiger partial charge >= 0.3 is 6.01 Å². The number of aromatic nitrogens is 3. The summed E-state index contributed by atoms with van der Waals surface area (Å²) in [7, 11) is 0. The molecule has 3 N–H and O–H groups in total. The van der Waals surface area contributed by atoms with E-state index in [2.05, 4.69) is 20.3 Å². The van der Waals surface area contributed by atoms with E-state index in [1.807, 2.05) is 39.0 Å². The summed E-state index contributed by atoms with van der Waals surface area (Å²) in [6.07, 6.45) is -0.0485. The van der Waals surface area contributed by atoms with E-state index in [1.54, 1.807) is 0 Å². The summed E-state index contributed by atoms with van der Waals surface area (Å²) in [5.41, 5.74) is 7.40. The van der Waals surface area contributed by atoms with Crippen LogP contribution in [0.2, 0.25) is 5.02 Å². The van der Waals surface area contributed by atoms with Gasteiger partial charge in [0.25, 0.3) is 0 Å². The van der Waals surface area contributed by atoms with Crippen molar-refractivity contribution in [1.82, 2.24) is 15.0 Å². The zero-order chi connectivity index (χ0) is 14.7. The number of ether oxygens (including phenoxy) is 1. The molecule has 2 rings (SSSR count). The van der Waals surface area contributed by atoms with Crippen LogP contribution in [0.25, 0.3) is 0 Å². The van der Waals surface area contributed by atoms with E-state index in [0.29, 0.717) is 16.7 Å². The van der Waals surface area contributed by atoms with Crippen LogP contribution in [0.5, 0.6) is 6.01 Å². The highest BCUT2D eigenvalue weighted by molar-refractivity contribution is 6.33. The average Bonchev–Trinajstić information content (AvgIpc) is 2.31. The Labute approximate surface area is 122 Å². The molecule has 2 aromatic rings.